The summed E-state index contributed by atoms with van der Waals surface area (Å²) in [5, 5.41) is 14.5. The summed E-state index contributed by atoms with van der Waals surface area (Å²) < 4.78 is 10.8. The number of rotatable bonds is 4. The van der Waals surface area contributed by atoms with Gasteiger partial charge in [-0.1, -0.05) is 25.9 Å². The van der Waals surface area contributed by atoms with E-state index in [2.05, 4.69) is 10.1 Å². The number of nitro groups is 1. The molecule has 1 aromatic carbocycles. The average Bonchev–Trinajstić information content (AvgIpc) is 2.88. The van der Waals surface area contributed by atoms with E-state index in [9.17, 15) is 10.1 Å². The van der Waals surface area contributed by atoms with Gasteiger partial charge in [-0.15, -0.1) is 0 Å². The van der Waals surface area contributed by atoms with Gasteiger partial charge in [-0.05, 0) is 19.1 Å². The standard InChI is InChI=1S/C14H17N3O4/c1-9(12-15-13(16-21-12)14(2,3)4)20-11-7-5-10(6-8-11)17(18)19/h5-9H,1-4H3. The summed E-state index contributed by atoms with van der Waals surface area (Å²) in [5.74, 6) is 1.48. The van der Waals surface area contributed by atoms with Crippen molar-refractivity contribution >= 4 is 5.69 Å². The third-order valence-corrected chi connectivity index (χ3v) is 2.82. The summed E-state index contributed by atoms with van der Waals surface area (Å²) in [5.41, 5.74) is -0.183. The van der Waals surface area contributed by atoms with Crippen molar-refractivity contribution in [1.82, 2.24) is 10.1 Å². The van der Waals surface area contributed by atoms with E-state index in [0.29, 0.717) is 17.5 Å². The molecule has 0 spiro atoms. The second-order valence-corrected chi connectivity index (χ2v) is 5.72. The topological polar surface area (TPSA) is 91.3 Å². The second kappa shape index (κ2) is 5.51. The number of benzene rings is 1. The summed E-state index contributed by atoms with van der Waals surface area (Å²) in [6.45, 7) is 7.75. The lowest BCUT2D eigenvalue weighted by Gasteiger charge is -2.12. The lowest BCUT2D eigenvalue weighted by atomic mass is 9.96. The van der Waals surface area contributed by atoms with Crippen LogP contribution in [0, 0.1) is 10.1 Å². The van der Waals surface area contributed by atoms with Crippen LogP contribution in [0.5, 0.6) is 5.75 Å². The van der Waals surface area contributed by atoms with E-state index < -0.39 is 11.0 Å². The summed E-state index contributed by atoms with van der Waals surface area (Å²) in [6, 6.07) is 5.85. The van der Waals surface area contributed by atoms with Crippen LogP contribution in [-0.4, -0.2) is 15.1 Å². The van der Waals surface area contributed by atoms with Crippen LogP contribution in [-0.2, 0) is 5.41 Å². The van der Waals surface area contributed by atoms with Crippen molar-refractivity contribution in [2.45, 2.75) is 39.2 Å². The van der Waals surface area contributed by atoms with E-state index in [0.717, 1.165) is 0 Å². The Kier molecular flexibility index (Phi) is 3.93. The van der Waals surface area contributed by atoms with Gasteiger partial charge < -0.3 is 9.26 Å². The van der Waals surface area contributed by atoms with Crippen LogP contribution >= 0.6 is 0 Å². The van der Waals surface area contributed by atoms with Gasteiger partial charge in [0.2, 0.25) is 0 Å². The Morgan fingerprint density at radius 3 is 2.38 bits per heavy atom. The molecule has 0 bridgehead atoms. The summed E-state index contributed by atoms with van der Waals surface area (Å²) in [4.78, 5) is 14.4. The Morgan fingerprint density at radius 2 is 1.90 bits per heavy atom. The first-order chi connectivity index (χ1) is 9.77. The fourth-order valence-corrected chi connectivity index (χ4v) is 1.61. The van der Waals surface area contributed by atoms with Crippen molar-refractivity contribution in [2.24, 2.45) is 0 Å². The van der Waals surface area contributed by atoms with Crippen molar-refractivity contribution in [3.63, 3.8) is 0 Å². The largest absolute Gasteiger partial charge is 0.481 e. The number of nitro benzene ring substituents is 1. The SMILES string of the molecule is CC(Oc1ccc([N+](=O)[O-])cc1)c1nc(C(C)(C)C)no1. The zero-order valence-electron chi connectivity index (χ0n) is 12.4. The van der Waals surface area contributed by atoms with E-state index in [1.165, 1.54) is 24.3 Å². The van der Waals surface area contributed by atoms with Crippen molar-refractivity contribution in [1.29, 1.82) is 0 Å². The Hall–Kier alpha value is -2.44. The first-order valence-electron chi connectivity index (χ1n) is 6.52. The minimum atomic E-state index is -0.458. The maximum atomic E-state index is 10.6. The Morgan fingerprint density at radius 1 is 1.29 bits per heavy atom. The quantitative estimate of drug-likeness (QED) is 0.633. The van der Waals surface area contributed by atoms with Crippen molar-refractivity contribution < 1.29 is 14.2 Å². The smallest absolute Gasteiger partial charge is 0.269 e. The number of nitrogens with zero attached hydrogens (tertiary/aromatic N) is 3. The van der Waals surface area contributed by atoms with Crippen LogP contribution in [0.25, 0.3) is 0 Å². The zero-order valence-corrected chi connectivity index (χ0v) is 12.4. The third-order valence-electron chi connectivity index (χ3n) is 2.82. The van der Waals surface area contributed by atoms with Gasteiger partial charge in [0.05, 0.1) is 4.92 Å². The van der Waals surface area contributed by atoms with Gasteiger partial charge in [0.1, 0.15) is 5.75 Å². The van der Waals surface area contributed by atoms with Gasteiger partial charge in [0, 0.05) is 17.5 Å². The molecule has 0 N–H and O–H groups in total. The molecule has 2 aromatic rings. The summed E-state index contributed by atoms with van der Waals surface area (Å²) in [7, 11) is 0. The molecule has 112 valence electrons. The minimum Gasteiger partial charge on any atom is -0.481 e. The second-order valence-electron chi connectivity index (χ2n) is 5.72. The fraction of sp³-hybridized carbons (Fsp3) is 0.429. The molecule has 2 rings (SSSR count). The van der Waals surface area contributed by atoms with E-state index in [4.69, 9.17) is 9.26 Å². The molecular weight excluding hydrogens is 274 g/mol. The van der Waals surface area contributed by atoms with E-state index in [1.807, 2.05) is 20.8 Å². The van der Waals surface area contributed by atoms with E-state index in [-0.39, 0.29) is 11.1 Å². The van der Waals surface area contributed by atoms with Crippen LogP contribution in [0.15, 0.2) is 28.8 Å². The van der Waals surface area contributed by atoms with E-state index >= 15 is 0 Å². The van der Waals surface area contributed by atoms with Crippen molar-refractivity contribution in [3.05, 3.63) is 46.1 Å². The molecule has 7 nitrogen and oxygen atoms in total. The molecule has 21 heavy (non-hydrogen) atoms. The molecule has 0 radical (unpaired) electrons. The highest BCUT2D eigenvalue weighted by Gasteiger charge is 2.23. The number of hydrogen-bond acceptors (Lipinski definition) is 6. The molecule has 0 saturated carbocycles. The zero-order chi connectivity index (χ0) is 15.6. The molecule has 1 aromatic heterocycles. The molecule has 0 aliphatic carbocycles. The van der Waals surface area contributed by atoms with Crippen LogP contribution in [0.3, 0.4) is 0 Å². The van der Waals surface area contributed by atoms with Gasteiger partial charge in [0.25, 0.3) is 11.6 Å². The molecule has 0 aliphatic rings. The summed E-state index contributed by atoms with van der Waals surface area (Å²) >= 11 is 0. The van der Waals surface area contributed by atoms with Crippen LogP contribution in [0.1, 0.15) is 45.5 Å². The first kappa shape index (κ1) is 15.0. The van der Waals surface area contributed by atoms with Crippen molar-refractivity contribution in [2.75, 3.05) is 0 Å². The predicted molar refractivity (Wildman–Crippen MR) is 75.1 cm³/mol. The van der Waals surface area contributed by atoms with Gasteiger partial charge >= 0.3 is 0 Å². The maximum Gasteiger partial charge on any atom is 0.269 e. The molecule has 0 aliphatic heterocycles. The number of aromatic nitrogens is 2. The minimum absolute atomic E-state index is 0.0165. The Labute approximate surface area is 122 Å². The number of non-ortho nitro benzene ring substituents is 1. The number of ether oxygens (including phenoxy) is 1. The third kappa shape index (κ3) is 3.56. The molecule has 0 fully saturated rings. The Bertz CT molecular complexity index is 628. The molecular formula is C14H17N3O4. The van der Waals surface area contributed by atoms with E-state index in [1.54, 1.807) is 6.92 Å². The number of hydrogen-bond donors (Lipinski definition) is 0. The normalized spacial score (nSPS) is 13.0. The van der Waals surface area contributed by atoms with Crippen LogP contribution in [0.4, 0.5) is 5.69 Å². The molecule has 7 heteroatoms. The van der Waals surface area contributed by atoms with Crippen LogP contribution < -0.4 is 4.74 Å². The summed E-state index contributed by atoms with van der Waals surface area (Å²) in [6.07, 6.45) is -0.435. The highest BCUT2D eigenvalue weighted by molar-refractivity contribution is 5.36. The Balaban J connectivity index is 2.09. The lowest BCUT2D eigenvalue weighted by Crippen LogP contribution is -2.13. The molecule has 1 atom stereocenters. The highest BCUT2D eigenvalue weighted by Crippen LogP contribution is 2.25. The van der Waals surface area contributed by atoms with Gasteiger partial charge in [-0.2, -0.15) is 4.98 Å². The molecule has 0 saturated heterocycles. The van der Waals surface area contributed by atoms with Crippen LogP contribution in [0.2, 0.25) is 0 Å². The molecule has 1 unspecified atom stereocenters. The van der Waals surface area contributed by atoms with Crippen molar-refractivity contribution in [3.8, 4) is 5.75 Å². The molecule has 0 amide bonds. The lowest BCUT2D eigenvalue weighted by molar-refractivity contribution is -0.384. The monoisotopic (exact) mass is 291 g/mol. The highest BCUT2D eigenvalue weighted by atomic mass is 16.6. The van der Waals surface area contributed by atoms with Gasteiger partial charge in [0.15, 0.2) is 11.9 Å². The van der Waals surface area contributed by atoms with Gasteiger partial charge in [-0.25, -0.2) is 0 Å². The fourth-order valence-electron chi connectivity index (χ4n) is 1.61. The van der Waals surface area contributed by atoms with Gasteiger partial charge in [-0.3, -0.25) is 10.1 Å². The predicted octanol–water partition coefficient (Wildman–Crippen LogP) is 3.42. The average molecular weight is 291 g/mol. The maximum absolute atomic E-state index is 10.6. The first-order valence-corrected chi connectivity index (χ1v) is 6.52. The molecule has 1 heterocycles.